The molecule has 3 aromatic rings. The summed E-state index contributed by atoms with van der Waals surface area (Å²) in [7, 11) is 0. The maximum Gasteiger partial charge on any atom is 0.248 e. The van der Waals surface area contributed by atoms with Crippen molar-refractivity contribution in [3.8, 4) is 28.7 Å². The highest BCUT2D eigenvalue weighted by Crippen LogP contribution is 2.25. The van der Waals surface area contributed by atoms with E-state index >= 15 is 0 Å². The lowest BCUT2D eigenvalue weighted by Crippen LogP contribution is -1.78. The first-order chi connectivity index (χ1) is 9.22. The van der Waals surface area contributed by atoms with Gasteiger partial charge in [-0.3, -0.25) is 0 Å². The van der Waals surface area contributed by atoms with Gasteiger partial charge in [-0.25, -0.2) is 0 Å². The lowest BCUT2D eigenvalue weighted by Gasteiger charge is -1.96. The van der Waals surface area contributed by atoms with Crippen molar-refractivity contribution in [1.82, 2.24) is 10.2 Å². The molecule has 0 aliphatic carbocycles. The third-order valence-corrected chi connectivity index (χ3v) is 2.84. The summed E-state index contributed by atoms with van der Waals surface area (Å²) in [4.78, 5) is 0. The Morgan fingerprint density at radius 3 is 1.79 bits per heavy atom. The van der Waals surface area contributed by atoms with Crippen LogP contribution in [0, 0.1) is 6.92 Å². The van der Waals surface area contributed by atoms with E-state index in [4.69, 9.17) is 4.42 Å². The molecule has 0 atom stereocenters. The largest absolute Gasteiger partial charge is 0.508 e. The maximum atomic E-state index is 9.25. The molecule has 2 aromatic carbocycles. The van der Waals surface area contributed by atoms with Crippen molar-refractivity contribution in [3.63, 3.8) is 0 Å². The second-order valence-corrected chi connectivity index (χ2v) is 4.33. The third-order valence-electron chi connectivity index (χ3n) is 2.84. The molecular formula is C15H12N2O2. The number of hydrogen-bond acceptors (Lipinski definition) is 4. The smallest absolute Gasteiger partial charge is 0.248 e. The van der Waals surface area contributed by atoms with E-state index < -0.39 is 0 Å². The van der Waals surface area contributed by atoms with Crippen molar-refractivity contribution >= 4 is 0 Å². The molecule has 1 aromatic heterocycles. The quantitative estimate of drug-likeness (QED) is 0.759. The second kappa shape index (κ2) is 4.57. The molecule has 0 bridgehead atoms. The molecule has 0 aliphatic heterocycles. The van der Waals surface area contributed by atoms with Crippen LogP contribution in [0.5, 0.6) is 5.75 Å². The Kier molecular flexibility index (Phi) is 2.76. The van der Waals surface area contributed by atoms with Gasteiger partial charge in [0.2, 0.25) is 11.8 Å². The summed E-state index contributed by atoms with van der Waals surface area (Å²) < 4.78 is 5.63. The first-order valence-corrected chi connectivity index (χ1v) is 5.92. The van der Waals surface area contributed by atoms with Crippen molar-refractivity contribution in [3.05, 3.63) is 54.1 Å². The molecule has 19 heavy (non-hydrogen) atoms. The third kappa shape index (κ3) is 2.33. The standard InChI is InChI=1S/C15H12N2O2/c1-10-2-4-11(5-3-10)14-16-17-15(19-14)12-6-8-13(18)9-7-12/h2-9,18H,1H3. The number of hydrogen-bond donors (Lipinski definition) is 1. The van der Waals surface area contributed by atoms with Crippen molar-refractivity contribution in [1.29, 1.82) is 0 Å². The van der Waals surface area contributed by atoms with E-state index in [1.807, 2.05) is 31.2 Å². The molecule has 3 rings (SSSR count). The Balaban J connectivity index is 1.95. The lowest BCUT2D eigenvalue weighted by atomic mass is 10.1. The fourth-order valence-electron chi connectivity index (χ4n) is 1.76. The number of phenols is 1. The molecule has 1 heterocycles. The van der Waals surface area contributed by atoms with Gasteiger partial charge in [0.25, 0.3) is 0 Å². The fourth-order valence-corrected chi connectivity index (χ4v) is 1.76. The summed E-state index contributed by atoms with van der Waals surface area (Å²) in [5.74, 6) is 1.14. The van der Waals surface area contributed by atoms with Crippen molar-refractivity contribution in [2.45, 2.75) is 6.92 Å². The maximum absolute atomic E-state index is 9.25. The second-order valence-electron chi connectivity index (χ2n) is 4.33. The highest BCUT2D eigenvalue weighted by atomic mass is 16.4. The Labute approximate surface area is 110 Å². The topological polar surface area (TPSA) is 59.2 Å². The first kappa shape index (κ1) is 11.5. The highest BCUT2D eigenvalue weighted by Gasteiger charge is 2.10. The van der Waals surface area contributed by atoms with E-state index in [0.29, 0.717) is 11.8 Å². The SMILES string of the molecule is Cc1ccc(-c2nnc(-c3ccc(O)cc3)o2)cc1. The summed E-state index contributed by atoms with van der Waals surface area (Å²) in [5.41, 5.74) is 2.86. The first-order valence-electron chi connectivity index (χ1n) is 5.92. The molecule has 1 N–H and O–H groups in total. The Morgan fingerprint density at radius 1 is 0.789 bits per heavy atom. The molecule has 94 valence electrons. The molecule has 0 fully saturated rings. The van der Waals surface area contributed by atoms with Crippen LogP contribution < -0.4 is 0 Å². The number of aryl methyl sites for hydroxylation is 1. The minimum Gasteiger partial charge on any atom is -0.508 e. The molecule has 0 unspecified atom stereocenters. The van der Waals surface area contributed by atoms with Gasteiger partial charge in [0.15, 0.2) is 0 Å². The molecular weight excluding hydrogens is 240 g/mol. The van der Waals surface area contributed by atoms with Crippen LogP contribution in [-0.4, -0.2) is 15.3 Å². The molecule has 0 saturated carbocycles. The van der Waals surface area contributed by atoms with E-state index in [1.54, 1.807) is 24.3 Å². The molecule has 0 spiro atoms. The predicted octanol–water partition coefficient (Wildman–Crippen LogP) is 3.42. The van der Waals surface area contributed by atoms with Gasteiger partial charge in [-0.05, 0) is 43.3 Å². The average molecular weight is 252 g/mol. The van der Waals surface area contributed by atoms with Gasteiger partial charge in [0.1, 0.15) is 5.75 Å². The van der Waals surface area contributed by atoms with Crippen LogP contribution >= 0.6 is 0 Å². The van der Waals surface area contributed by atoms with Crippen LogP contribution in [0.4, 0.5) is 0 Å². The summed E-state index contributed by atoms with van der Waals surface area (Å²) in [5, 5.41) is 17.3. The van der Waals surface area contributed by atoms with E-state index in [-0.39, 0.29) is 5.75 Å². The number of nitrogens with zero attached hydrogens (tertiary/aromatic N) is 2. The molecule has 4 heteroatoms. The van der Waals surface area contributed by atoms with Crippen molar-refractivity contribution in [2.24, 2.45) is 0 Å². The lowest BCUT2D eigenvalue weighted by molar-refractivity contribution is 0.475. The molecule has 0 aliphatic rings. The van der Waals surface area contributed by atoms with Gasteiger partial charge < -0.3 is 9.52 Å². The molecule has 0 amide bonds. The summed E-state index contributed by atoms with van der Waals surface area (Å²) in [6.07, 6.45) is 0. The van der Waals surface area contributed by atoms with Crippen LogP contribution in [0.25, 0.3) is 22.9 Å². The van der Waals surface area contributed by atoms with Gasteiger partial charge in [0, 0.05) is 11.1 Å². The Morgan fingerprint density at radius 2 is 1.26 bits per heavy atom. The van der Waals surface area contributed by atoms with Crippen LogP contribution in [0.15, 0.2) is 52.9 Å². The summed E-state index contributed by atoms with van der Waals surface area (Å²) in [6, 6.07) is 14.5. The number of benzene rings is 2. The number of aromatic hydroxyl groups is 1. The van der Waals surface area contributed by atoms with Gasteiger partial charge >= 0.3 is 0 Å². The van der Waals surface area contributed by atoms with Gasteiger partial charge in [-0.15, -0.1) is 10.2 Å². The van der Waals surface area contributed by atoms with Crippen LogP contribution in [0.3, 0.4) is 0 Å². The predicted molar refractivity (Wildman–Crippen MR) is 71.6 cm³/mol. The van der Waals surface area contributed by atoms with Crippen LogP contribution in [0.2, 0.25) is 0 Å². The van der Waals surface area contributed by atoms with Crippen molar-refractivity contribution < 1.29 is 9.52 Å². The van der Waals surface area contributed by atoms with Crippen molar-refractivity contribution in [2.75, 3.05) is 0 Å². The summed E-state index contributed by atoms with van der Waals surface area (Å²) >= 11 is 0. The molecule has 0 saturated heterocycles. The Bertz CT molecular complexity index is 625. The number of rotatable bonds is 2. The van der Waals surface area contributed by atoms with Gasteiger partial charge in [0.05, 0.1) is 0 Å². The normalized spacial score (nSPS) is 10.6. The van der Waals surface area contributed by atoms with Crippen LogP contribution in [-0.2, 0) is 0 Å². The van der Waals surface area contributed by atoms with E-state index in [9.17, 15) is 5.11 Å². The van der Waals surface area contributed by atoms with Gasteiger partial charge in [-0.1, -0.05) is 17.7 Å². The zero-order valence-electron chi connectivity index (χ0n) is 10.4. The molecule has 0 radical (unpaired) electrons. The summed E-state index contributed by atoms with van der Waals surface area (Å²) in [6.45, 7) is 2.03. The molecule has 4 nitrogen and oxygen atoms in total. The average Bonchev–Trinajstić information content (AvgIpc) is 2.90. The monoisotopic (exact) mass is 252 g/mol. The zero-order chi connectivity index (χ0) is 13.2. The Hall–Kier alpha value is -2.62. The number of aromatic nitrogens is 2. The fraction of sp³-hybridized carbons (Fsp3) is 0.0667. The van der Waals surface area contributed by atoms with E-state index in [0.717, 1.165) is 11.1 Å². The highest BCUT2D eigenvalue weighted by molar-refractivity contribution is 5.58. The minimum atomic E-state index is 0.210. The van der Waals surface area contributed by atoms with E-state index in [2.05, 4.69) is 10.2 Å². The van der Waals surface area contributed by atoms with E-state index in [1.165, 1.54) is 5.56 Å². The van der Waals surface area contributed by atoms with Gasteiger partial charge in [-0.2, -0.15) is 0 Å². The van der Waals surface area contributed by atoms with Crippen LogP contribution in [0.1, 0.15) is 5.56 Å². The minimum absolute atomic E-state index is 0.210. The number of phenolic OH excluding ortho intramolecular Hbond substituents is 1. The zero-order valence-corrected chi connectivity index (χ0v) is 10.4.